The summed E-state index contributed by atoms with van der Waals surface area (Å²) in [6.07, 6.45) is 0. The third-order valence-corrected chi connectivity index (χ3v) is 5.39. The van der Waals surface area contributed by atoms with E-state index in [2.05, 4.69) is 41.7 Å². The number of nitrogens with one attached hydrogen (secondary N) is 6. The Morgan fingerprint density at radius 3 is 0.912 bits per heavy atom. The number of hydrogen-bond acceptors (Lipinski definition) is 12. The molecule has 0 rings (SSSR count). The highest BCUT2D eigenvalue weighted by Crippen LogP contribution is 1.92. The zero-order valence-corrected chi connectivity index (χ0v) is 21.8. The normalized spacial score (nSPS) is 11.8. The van der Waals surface area contributed by atoms with Crippen LogP contribution >= 0.6 is 0 Å². The van der Waals surface area contributed by atoms with Gasteiger partial charge in [-0.2, -0.15) is 0 Å². The molecular weight excluding hydrogens is 432 g/mol. The van der Waals surface area contributed by atoms with E-state index in [-0.39, 0.29) is 0 Å². The van der Waals surface area contributed by atoms with Crippen molar-refractivity contribution in [3.8, 4) is 0 Å². The van der Waals surface area contributed by atoms with Gasteiger partial charge in [-0.25, -0.2) is 0 Å². The van der Waals surface area contributed by atoms with E-state index in [1.807, 2.05) is 0 Å². The van der Waals surface area contributed by atoms with E-state index in [1.165, 1.54) is 0 Å². The summed E-state index contributed by atoms with van der Waals surface area (Å²) < 4.78 is 0. The Hall–Kier alpha value is -0.480. The predicted molar refractivity (Wildman–Crippen MR) is 146 cm³/mol. The fourth-order valence-corrected chi connectivity index (χ4v) is 3.45. The first-order chi connectivity index (χ1) is 16.8. The first kappa shape index (κ1) is 33.5. The van der Waals surface area contributed by atoms with E-state index in [1.54, 1.807) is 0 Å². The van der Waals surface area contributed by atoms with Gasteiger partial charge in [-0.1, -0.05) is 0 Å². The van der Waals surface area contributed by atoms with Crippen LogP contribution in [0.5, 0.6) is 0 Å². The standard InChI is InChI=1S/C22H58N12/c23-1-5-27-7-9-29-10-11-30-12-14-32-16-20-34(19-15-31-13-8-28-6-2-24)22-21-33(17-3-25)18-4-26/h27-32H,1-26H2. The molecule has 0 atom stereocenters. The van der Waals surface area contributed by atoms with Crippen LogP contribution in [0.1, 0.15) is 0 Å². The summed E-state index contributed by atoms with van der Waals surface area (Å²) in [7, 11) is 0. The summed E-state index contributed by atoms with van der Waals surface area (Å²) in [5.41, 5.74) is 22.5. The van der Waals surface area contributed by atoms with E-state index < -0.39 is 0 Å². The molecule has 0 amide bonds. The van der Waals surface area contributed by atoms with E-state index in [0.29, 0.717) is 26.2 Å². The van der Waals surface area contributed by atoms with Gasteiger partial charge in [-0.3, -0.25) is 9.80 Å². The van der Waals surface area contributed by atoms with Gasteiger partial charge in [0.2, 0.25) is 0 Å². The molecule has 0 fully saturated rings. The lowest BCUT2D eigenvalue weighted by molar-refractivity contribution is 0.209. The van der Waals surface area contributed by atoms with Crippen molar-refractivity contribution in [1.82, 2.24) is 41.7 Å². The van der Waals surface area contributed by atoms with Gasteiger partial charge in [0.25, 0.3) is 0 Å². The number of rotatable bonds is 29. The molecule has 34 heavy (non-hydrogen) atoms. The highest BCUT2D eigenvalue weighted by molar-refractivity contribution is 4.68. The maximum Gasteiger partial charge on any atom is 0.0110 e. The Bertz CT molecular complexity index is 372. The monoisotopic (exact) mass is 490 g/mol. The average molecular weight is 491 g/mol. The SMILES string of the molecule is NCCNCCNCCNCCNCCN(CCNCCNCCN)CCN(CCN)CCN. The number of nitrogens with zero attached hydrogens (tertiary/aromatic N) is 2. The molecular formula is C22H58N12. The predicted octanol–water partition coefficient (Wildman–Crippen LogP) is -5.04. The minimum atomic E-state index is 0.673. The van der Waals surface area contributed by atoms with Gasteiger partial charge in [0.05, 0.1) is 0 Å². The van der Waals surface area contributed by atoms with Crippen LogP contribution in [0.25, 0.3) is 0 Å². The smallest absolute Gasteiger partial charge is 0.0110 e. The Morgan fingerprint density at radius 1 is 0.294 bits per heavy atom. The average Bonchev–Trinajstić information content (AvgIpc) is 2.84. The number of hydrogen-bond donors (Lipinski definition) is 10. The second-order valence-corrected chi connectivity index (χ2v) is 8.34. The largest absolute Gasteiger partial charge is 0.329 e. The molecule has 0 aliphatic carbocycles. The minimum absolute atomic E-state index is 0.673. The first-order valence-electron chi connectivity index (χ1n) is 13.3. The van der Waals surface area contributed by atoms with Gasteiger partial charge < -0.3 is 54.8 Å². The maximum absolute atomic E-state index is 5.76. The highest BCUT2D eigenvalue weighted by atomic mass is 15.2. The quantitative estimate of drug-likeness (QED) is 0.0451. The highest BCUT2D eigenvalue weighted by Gasteiger charge is 2.08. The first-order valence-corrected chi connectivity index (χ1v) is 13.3. The molecule has 0 aliphatic rings. The maximum atomic E-state index is 5.76. The van der Waals surface area contributed by atoms with Crippen molar-refractivity contribution < 1.29 is 0 Å². The zero-order valence-electron chi connectivity index (χ0n) is 21.8. The summed E-state index contributed by atoms with van der Waals surface area (Å²) >= 11 is 0. The van der Waals surface area contributed by atoms with Gasteiger partial charge >= 0.3 is 0 Å². The lowest BCUT2D eigenvalue weighted by Gasteiger charge is -2.27. The lowest BCUT2D eigenvalue weighted by atomic mass is 10.3. The molecule has 0 heterocycles. The summed E-state index contributed by atoms with van der Waals surface area (Å²) in [4.78, 5) is 4.88. The summed E-state index contributed by atoms with van der Waals surface area (Å²) in [6.45, 7) is 20.1. The molecule has 14 N–H and O–H groups in total. The van der Waals surface area contributed by atoms with Gasteiger partial charge in [-0.05, 0) is 0 Å². The molecule has 0 aromatic heterocycles. The van der Waals surface area contributed by atoms with Crippen LogP contribution in [-0.4, -0.2) is 154 Å². The van der Waals surface area contributed by atoms with E-state index in [0.717, 1.165) is 118 Å². The molecule has 0 aromatic rings. The van der Waals surface area contributed by atoms with Crippen LogP contribution in [0.2, 0.25) is 0 Å². The van der Waals surface area contributed by atoms with Crippen LogP contribution in [0, 0.1) is 0 Å². The Labute approximate surface area is 209 Å². The molecule has 12 heteroatoms. The lowest BCUT2D eigenvalue weighted by Crippen LogP contribution is -2.44. The summed E-state index contributed by atoms with van der Waals surface area (Å²) in [6, 6.07) is 0. The zero-order chi connectivity index (χ0) is 25.0. The van der Waals surface area contributed by atoms with Crippen LogP contribution < -0.4 is 54.8 Å². The molecule has 206 valence electrons. The fourth-order valence-electron chi connectivity index (χ4n) is 3.45. The van der Waals surface area contributed by atoms with E-state index >= 15 is 0 Å². The molecule has 0 aliphatic heterocycles. The third-order valence-electron chi connectivity index (χ3n) is 5.39. The third kappa shape index (κ3) is 24.6. The second kappa shape index (κ2) is 28.8. The van der Waals surface area contributed by atoms with Crippen molar-refractivity contribution in [2.45, 2.75) is 0 Å². The summed E-state index contributed by atoms with van der Waals surface area (Å²) in [5.74, 6) is 0. The fraction of sp³-hybridized carbons (Fsp3) is 1.00. The number of nitrogens with two attached hydrogens (primary N) is 4. The molecule has 0 aromatic carbocycles. The Morgan fingerprint density at radius 2 is 0.588 bits per heavy atom. The van der Waals surface area contributed by atoms with Crippen LogP contribution in [0.4, 0.5) is 0 Å². The Kier molecular flexibility index (Phi) is 28.3. The van der Waals surface area contributed by atoms with Crippen molar-refractivity contribution in [2.24, 2.45) is 22.9 Å². The van der Waals surface area contributed by atoms with Crippen LogP contribution in [0.15, 0.2) is 0 Å². The van der Waals surface area contributed by atoms with Gasteiger partial charge in [0.1, 0.15) is 0 Å². The van der Waals surface area contributed by atoms with Gasteiger partial charge in [0.15, 0.2) is 0 Å². The minimum Gasteiger partial charge on any atom is -0.329 e. The van der Waals surface area contributed by atoms with Gasteiger partial charge in [0, 0.05) is 144 Å². The molecule has 0 saturated heterocycles. The van der Waals surface area contributed by atoms with Crippen molar-refractivity contribution in [3.05, 3.63) is 0 Å². The topological polar surface area (TPSA) is 183 Å². The Balaban J connectivity index is 3.93. The van der Waals surface area contributed by atoms with Gasteiger partial charge in [-0.15, -0.1) is 0 Å². The second-order valence-electron chi connectivity index (χ2n) is 8.34. The van der Waals surface area contributed by atoms with E-state index in [9.17, 15) is 0 Å². The molecule has 12 nitrogen and oxygen atoms in total. The van der Waals surface area contributed by atoms with Crippen molar-refractivity contribution in [1.29, 1.82) is 0 Å². The molecule has 0 unspecified atom stereocenters. The summed E-state index contributed by atoms with van der Waals surface area (Å²) in [5, 5.41) is 20.6. The van der Waals surface area contributed by atoms with Crippen LogP contribution in [-0.2, 0) is 0 Å². The van der Waals surface area contributed by atoms with Crippen LogP contribution in [0.3, 0.4) is 0 Å². The molecule has 0 spiro atoms. The van der Waals surface area contributed by atoms with Crippen molar-refractivity contribution in [2.75, 3.05) is 144 Å². The van der Waals surface area contributed by atoms with E-state index in [4.69, 9.17) is 22.9 Å². The molecule has 0 saturated carbocycles. The molecule has 0 bridgehead atoms. The van der Waals surface area contributed by atoms with Crippen molar-refractivity contribution >= 4 is 0 Å². The molecule has 0 radical (unpaired) electrons. The van der Waals surface area contributed by atoms with Crippen molar-refractivity contribution in [3.63, 3.8) is 0 Å².